The minimum Gasteiger partial charge on any atom is -0.379 e. The highest BCUT2D eigenvalue weighted by molar-refractivity contribution is 14.0. The zero-order valence-electron chi connectivity index (χ0n) is 17.6. The molecule has 9 heteroatoms. The number of hydrogen-bond donors (Lipinski definition) is 2. The largest absolute Gasteiger partial charge is 0.379 e. The number of guanidine groups is 1. The molecule has 1 aliphatic heterocycles. The van der Waals surface area contributed by atoms with Crippen LogP contribution in [0, 0.1) is 11.6 Å². The number of nitrogens with one attached hydrogen (secondary N) is 2. The third-order valence-corrected chi connectivity index (χ3v) is 4.77. The standard InChI is InChI=1S/C20H33F2N5O.HI/c1-4-23-20(24-9-6-10-27-11-13-28-14-12-27)25-15-18(26(2)3)19-16(21)7-5-8-17(19)22;/h5,7-8,18H,4,6,9-15H2,1-3H3,(H2,23,24,25);1H. The fourth-order valence-corrected chi connectivity index (χ4v) is 3.20. The molecule has 166 valence electrons. The van der Waals surface area contributed by atoms with E-state index in [1.807, 2.05) is 6.92 Å². The normalized spacial score (nSPS) is 16.4. The molecule has 1 fully saturated rings. The third kappa shape index (κ3) is 8.69. The Balaban J connectivity index is 0.00000420. The quantitative estimate of drug-likeness (QED) is 0.225. The Morgan fingerprint density at radius 3 is 2.45 bits per heavy atom. The zero-order valence-corrected chi connectivity index (χ0v) is 19.9. The van der Waals surface area contributed by atoms with Crippen molar-refractivity contribution in [1.82, 2.24) is 20.4 Å². The third-order valence-electron chi connectivity index (χ3n) is 4.77. The molecule has 0 aliphatic carbocycles. The van der Waals surface area contributed by atoms with Gasteiger partial charge in [0, 0.05) is 31.7 Å². The van der Waals surface area contributed by atoms with E-state index in [-0.39, 0.29) is 36.1 Å². The van der Waals surface area contributed by atoms with E-state index in [1.54, 1.807) is 19.0 Å². The highest BCUT2D eigenvalue weighted by Gasteiger charge is 2.22. The molecule has 0 spiro atoms. The van der Waals surface area contributed by atoms with Crippen molar-refractivity contribution >= 4 is 29.9 Å². The molecule has 1 aliphatic rings. The number of aliphatic imine (C=N–C) groups is 1. The van der Waals surface area contributed by atoms with Crippen LogP contribution in [0.15, 0.2) is 23.2 Å². The molecule has 1 aromatic carbocycles. The van der Waals surface area contributed by atoms with E-state index < -0.39 is 17.7 Å². The lowest BCUT2D eigenvalue weighted by Gasteiger charge is -2.26. The van der Waals surface area contributed by atoms with Crippen molar-refractivity contribution in [3.8, 4) is 0 Å². The summed E-state index contributed by atoms with van der Waals surface area (Å²) in [4.78, 5) is 8.74. The fraction of sp³-hybridized carbons (Fsp3) is 0.650. The molecule has 2 N–H and O–H groups in total. The van der Waals surface area contributed by atoms with Crippen LogP contribution in [0.5, 0.6) is 0 Å². The van der Waals surface area contributed by atoms with Crippen molar-refractivity contribution < 1.29 is 13.5 Å². The molecule has 1 atom stereocenters. The van der Waals surface area contributed by atoms with E-state index in [2.05, 4.69) is 20.5 Å². The van der Waals surface area contributed by atoms with Gasteiger partial charge in [-0.3, -0.25) is 9.89 Å². The minimum absolute atomic E-state index is 0. The number of hydrogen-bond acceptors (Lipinski definition) is 4. The summed E-state index contributed by atoms with van der Waals surface area (Å²) in [6.45, 7) is 8.32. The number of morpholine rings is 1. The number of halogens is 3. The lowest BCUT2D eigenvalue weighted by atomic mass is 10.0. The summed E-state index contributed by atoms with van der Waals surface area (Å²) in [7, 11) is 3.60. The molecule has 2 rings (SSSR count). The Morgan fingerprint density at radius 1 is 1.21 bits per heavy atom. The van der Waals surface area contributed by atoms with Crippen LogP contribution in [-0.2, 0) is 4.74 Å². The van der Waals surface area contributed by atoms with E-state index in [4.69, 9.17) is 4.74 Å². The summed E-state index contributed by atoms with van der Waals surface area (Å²) in [5.41, 5.74) is 0.0550. The average molecular weight is 525 g/mol. The number of rotatable bonds is 9. The molecule has 1 aromatic rings. The summed E-state index contributed by atoms with van der Waals surface area (Å²) < 4.78 is 33.8. The van der Waals surface area contributed by atoms with E-state index in [0.717, 1.165) is 52.4 Å². The predicted molar refractivity (Wildman–Crippen MR) is 124 cm³/mol. The number of likely N-dealkylation sites (N-methyl/N-ethyl adjacent to an activating group) is 1. The van der Waals surface area contributed by atoms with Crippen LogP contribution in [0.2, 0.25) is 0 Å². The fourth-order valence-electron chi connectivity index (χ4n) is 3.20. The van der Waals surface area contributed by atoms with Crippen molar-refractivity contribution in [2.45, 2.75) is 19.4 Å². The van der Waals surface area contributed by atoms with Gasteiger partial charge in [-0.15, -0.1) is 24.0 Å². The van der Waals surface area contributed by atoms with Gasteiger partial charge in [-0.2, -0.15) is 0 Å². The van der Waals surface area contributed by atoms with Crippen LogP contribution < -0.4 is 10.6 Å². The van der Waals surface area contributed by atoms with Gasteiger partial charge < -0.3 is 20.3 Å². The van der Waals surface area contributed by atoms with Crippen molar-refractivity contribution in [2.75, 3.05) is 66.6 Å². The average Bonchev–Trinajstić information content (AvgIpc) is 2.67. The molecular formula is C20H34F2IN5O. The monoisotopic (exact) mass is 525 g/mol. The zero-order chi connectivity index (χ0) is 20.4. The molecule has 0 amide bonds. The molecule has 1 unspecified atom stereocenters. The maximum absolute atomic E-state index is 14.2. The molecule has 0 saturated carbocycles. The Bertz CT molecular complexity index is 607. The first-order valence-corrected chi connectivity index (χ1v) is 9.95. The SMILES string of the molecule is CCNC(=NCC(c1c(F)cccc1F)N(C)C)NCCCN1CCOCC1.I. The lowest BCUT2D eigenvalue weighted by molar-refractivity contribution is 0.0376. The van der Waals surface area contributed by atoms with E-state index in [0.29, 0.717) is 5.96 Å². The van der Waals surface area contributed by atoms with Crippen molar-refractivity contribution in [3.63, 3.8) is 0 Å². The van der Waals surface area contributed by atoms with E-state index in [1.165, 1.54) is 18.2 Å². The molecule has 29 heavy (non-hydrogen) atoms. The minimum atomic E-state index is -0.544. The molecule has 0 aromatic heterocycles. The van der Waals surface area contributed by atoms with Crippen LogP contribution in [0.4, 0.5) is 8.78 Å². The van der Waals surface area contributed by atoms with E-state index in [9.17, 15) is 8.78 Å². The highest BCUT2D eigenvalue weighted by Crippen LogP contribution is 2.24. The molecule has 0 bridgehead atoms. The molecule has 0 radical (unpaired) electrons. The second-order valence-electron chi connectivity index (χ2n) is 7.07. The van der Waals surface area contributed by atoms with Gasteiger partial charge in [0.25, 0.3) is 0 Å². The van der Waals surface area contributed by atoms with Gasteiger partial charge in [0.05, 0.1) is 25.8 Å². The van der Waals surface area contributed by atoms with Crippen LogP contribution in [0.1, 0.15) is 24.9 Å². The maximum Gasteiger partial charge on any atom is 0.191 e. The van der Waals surface area contributed by atoms with Crippen LogP contribution >= 0.6 is 24.0 Å². The first-order valence-electron chi connectivity index (χ1n) is 9.95. The molecule has 1 saturated heterocycles. The van der Waals surface area contributed by atoms with Gasteiger partial charge in [-0.05, 0) is 46.1 Å². The van der Waals surface area contributed by atoms with Gasteiger partial charge in [0.1, 0.15) is 11.6 Å². The molecule has 6 nitrogen and oxygen atoms in total. The Labute approximate surface area is 190 Å². The highest BCUT2D eigenvalue weighted by atomic mass is 127. The first kappa shape index (κ1) is 26.0. The lowest BCUT2D eigenvalue weighted by Crippen LogP contribution is -2.41. The number of ether oxygens (including phenoxy) is 1. The van der Waals surface area contributed by atoms with Gasteiger partial charge in [0.15, 0.2) is 5.96 Å². The van der Waals surface area contributed by atoms with E-state index >= 15 is 0 Å². The van der Waals surface area contributed by atoms with Gasteiger partial charge in [0.2, 0.25) is 0 Å². The van der Waals surface area contributed by atoms with Crippen molar-refractivity contribution in [2.24, 2.45) is 4.99 Å². The molecular weight excluding hydrogens is 491 g/mol. The topological polar surface area (TPSA) is 52.1 Å². The van der Waals surface area contributed by atoms with Crippen LogP contribution in [0.25, 0.3) is 0 Å². The van der Waals surface area contributed by atoms with Crippen LogP contribution in [0.3, 0.4) is 0 Å². The Hall–Kier alpha value is -1.04. The van der Waals surface area contributed by atoms with Crippen LogP contribution in [-0.4, -0.2) is 82.3 Å². The summed E-state index contributed by atoms with van der Waals surface area (Å²) >= 11 is 0. The first-order chi connectivity index (χ1) is 13.5. The summed E-state index contributed by atoms with van der Waals surface area (Å²) in [6.07, 6.45) is 0.990. The number of nitrogens with zero attached hydrogens (tertiary/aromatic N) is 3. The summed E-state index contributed by atoms with van der Waals surface area (Å²) in [6, 6.07) is 3.47. The van der Waals surface area contributed by atoms with Crippen molar-refractivity contribution in [1.29, 1.82) is 0 Å². The second kappa shape index (κ2) is 14.1. The summed E-state index contributed by atoms with van der Waals surface area (Å²) in [5.74, 6) is -0.428. The second-order valence-corrected chi connectivity index (χ2v) is 7.07. The Morgan fingerprint density at radius 2 is 1.86 bits per heavy atom. The molecule has 1 heterocycles. The Kier molecular flexibility index (Phi) is 12.6. The van der Waals surface area contributed by atoms with Gasteiger partial charge in [-0.1, -0.05) is 6.07 Å². The summed E-state index contributed by atoms with van der Waals surface area (Å²) in [5, 5.41) is 6.51. The maximum atomic E-state index is 14.2. The van der Waals surface area contributed by atoms with Gasteiger partial charge >= 0.3 is 0 Å². The van der Waals surface area contributed by atoms with Gasteiger partial charge in [-0.25, -0.2) is 8.78 Å². The number of benzene rings is 1. The predicted octanol–water partition coefficient (Wildman–Crippen LogP) is 2.46. The smallest absolute Gasteiger partial charge is 0.191 e. The van der Waals surface area contributed by atoms with Crippen molar-refractivity contribution in [3.05, 3.63) is 35.4 Å².